The molecule has 116 valence electrons. The van der Waals surface area contributed by atoms with Gasteiger partial charge >= 0.3 is 0 Å². The Balaban J connectivity index is 1.81. The third kappa shape index (κ3) is 3.19. The standard InChI is InChI=1S/C18H33PS/c20-19(16-10-4-1-5-11-16,17-12-6-2-7-13-17)18-14-8-3-9-15-18/h16-18H,1-15H2. The third-order valence-electron chi connectivity index (χ3n) is 6.44. The predicted molar refractivity (Wildman–Crippen MR) is 94.9 cm³/mol. The molecule has 0 amide bonds. The van der Waals surface area contributed by atoms with Gasteiger partial charge in [0, 0.05) is 0 Å². The van der Waals surface area contributed by atoms with Crippen LogP contribution in [-0.2, 0) is 11.8 Å². The van der Waals surface area contributed by atoms with Crippen LogP contribution in [0.1, 0.15) is 96.3 Å². The van der Waals surface area contributed by atoms with Crippen LogP contribution < -0.4 is 0 Å². The Morgan fingerprint density at radius 1 is 0.450 bits per heavy atom. The Morgan fingerprint density at radius 3 is 0.950 bits per heavy atom. The van der Waals surface area contributed by atoms with E-state index in [1.165, 1.54) is 96.3 Å². The van der Waals surface area contributed by atoms with Gasteiger partial charge in [-0.1, -0.05) is 69.6 Å². The average Bonchev–Trinajstić information content (AvgIpc) is 2.56. The zero-order valence-electron chi connectivity index (χ0n) is 13.2. The molecular weight excluding hydrogens is 279 g/mol. The van der Waals surface area contributed by atoms with Crippen molar-refractivity contribution < 1.29 is 0 Å². The lowest BCUT2D eigenvalue weighted by Crippen LogP contribution is -2.31. The minimum Gasteiger partial charge on any atom is -0.0966 e. The van der Waals surface area contributed by atoms with Crippen LogP contribution in [-0.4, -0.2) is 17.0 Å². The Bertz CT molecular complexity index is 281. The largest absolute Gasteiger partial charge is 0.0966 e. The van der Waals surface area contributed by atoms with Gasteiger partial charge in [-0.2, -0.15) is 0 Å². The molecule has 0 unspecified atom stereocenters. The second kappa shape index (κ2) is 7.28. The maximum absolute atomic E-state index is 6.67. The molecule has 0 saturated heterocycles. The summed E-state index contributed by atoms with van der Waals surface area (Å²) in [6.45, 7) is 0. The SMILES string of the molecule is S=P(C1CCCCC1)(C1CCCCC1)C1CCCCC1. The lowest BCUT2D eigenvalue weighted by Gasteiger charge is -2.47. The smallest absolute Gasteiger partial charge is 0.0114 e. The summed E-state index contributed by atoms with van der Waals surface area (Å²) in [5.74, 6) is 0. The Hall–Kier alpha value is 0.650. The van der Waals surface area contributed by atoms with Gasteiger partial charge in [0.1, 0.15) is 0 Å². The van der Waals surface area contributed by atoms with Gasteiger partial charge in [-0.05, 0) is 61.5 Å². The van der Waals surface area contributed by atoms with Crippen LogP contribution in [0.25, 0.3) is 0 Å². The minimum atomic E-state index is -1.11. The van der Waals surface area contributed by atoms with Gasteiger partial charge < -0.3 is 0 Å². The van der Waals surface area contributed by atoms with E-state index in [2.05, 4.69) is 0 Å². The van der Waals surface area contributed by atoms with E-state index in [0.717, 1.165) is 17.0 Å². The van der Waals surface area contributed by atoms with E-state index in [-0.39, 0.29) is 0 Å². The first kappa shape index (κ1) is 15.5. The van der Waals surface area contributed by atoms with Crippen molar-refractivity contribution in [1.29, 1.82) is 0 Å². The molecule has 0 N–H and O–H groups in total. The monoisotopic (exact) mass is 312 g/mol. The van der Waals surface area contributed by atoms with Crippen molar-refractivity contribution >= 4 is 17.8 Å². The van der Waals surface area contributed by atoms with E-state index in [4.69, 9.17) is 11.8 Å². The van der Waals surface area contributed by atoms with Crippen LogP contribution in [0.5, 0.6) is 0 Å². The van der Waals surface area contributed by atoms with Gasteiger partial charge in [0.15, 0.2) is 0 Å². The molecule has 3 fully saturated rings. The highest BCUT2D eigenvalue weighted by atomic mass is 32.4. The van der Waals surface area contributed by atoms with Crippen molar-refractivity contribution in [3.8, 4) is 0 Å². The van der Waals surface area contributed by atoms with Crippen LogP contribution in [0.15, 0.2) is 0 Å². The molecule has 20 heavy (non-hydrogen) atoms. The molecule has 0 spiro atoms. The highest BCUT2D eigenvalue weighted by Crippen LogP contribution is 2.68. The fourth-order valence-corrected chi connectivity index (χ4v) is 12.6. The second-order valence-electron chi connectivity index (χ2n) is 7.64. The fourth-order valence-electron chi connectivity index (χ4n) is 5.35. The summed E-state index contributed by atoms with van der Waals surface area (Å²) in [5.41, 5.74) is 2.99. The quantitative estimate of drug-likeness (QED) is 0.539. The molecule has 0 heterocycles. The number of rotatable bonds is 3. The molecule has 0 radical (unpaired) electrons. The molecule has 0 bridgehead atoms. The van der Waals surface area contributed by atoms with Gasteiger partial charge in [-0.15, -0.1) is 0 Å². The summed E-state index contributed by atoms with van der Waals surface area (Å²) in [6.07, 6.45) is 22.4. The van der Waals surface area contributed by atoms with Crippen LogP contribution >= 0.6 is 6.04 Å². The summed E-state index contributed by atoms with van der Waals surface area (Å²) >= 11 is 6.67. The highest BCUT2D eigenvalue weighted by molar-refractivity contribution is 8.15. The molecule has 0 aromatic heterocycles. The first-order valence-electron chi connectivity index (χ1n) is 9.41. The first-order chi connectivity index (χ1) is 9.82. The van der Waals surface area contributed by atoms with E-state index in [1.54, 1.807) is 0 Å². The van der Waals surface area contributed by atoms with E-state index in [0.29, 0.717) is 0 Å². The molecule has 0 atom stereocenters. The number of hydrogen-bond acceptors (Lipinski definition) is 1. The fraction of sp³-hybridized carbons (Fsp3) is 1.00. The summed E-state index contributed by atoms with van der Waals surface area (Å²) in [5, 5.41) is 0. The molecule has 3 rings (SSSR count). The molecular formula is C18H33PS. The molecule has 3 aliphatic rings. The molecule has 0 aromatic rings. The Morgan fingerprint density at radius 2 is 0.700 bits per heavy atom. The maximum Gasteiger partial charge on any atom is -0.0114 e. The molecule has 3 aliphatic carbocycles. The predicted octanol–water partition coefficient (Wildman–Crippen LogP) is 6.46. The van der Waals surface area contributed by atoms with Gasteiger partial charge in [0.05, 0.1) is 0 Å². The summed E-state index contributed by atoms with van der Waals surface area (Å²) < 4.78 is 0. The van der Waals surface area contributed by atoms with Crippen LogP contribution in [0.3, 0.4) is 0 Å². The number of hydrogen-bond donors (Lipinski definition) is 0. The normalized spacial score (nSPS) is 28.6. The molecule has 0 aliphatic heterocycles. The van der Waals surface area contributed by atoms with Crippen molar-refractivity contribution in [2.45, 2.75) is 113 Å². The summed E-state index contributed by atoms with van der Waals surface area (Å²) in [6, 6.07) is -1.11. The van der Waals surface area contributed by atoms with E-state index >= 15 is 0 Å². The van der Waals surface area contributed by atoms with Crippen LogP contribution in [0, 0.1) is 0 Å². The van der Waals surface area contributed by atoms with Crippen molar-refractivity contribution in [3.63, 3.8) is 0 Å². The summed E-state index contributed by atoms with van der Waals surface area (Å²) in [7, 11) is 0. The van der Waals surface area contributed by atoms with Crippen LogP contribution in [0.4, 0.5) is 0 Å². The zero-order chi connectivity index (χ0) is 13.8. The van der Waals surface area contributed by atoms with Crippen molar-refractivity contribution in [2.24, 2.45) is 0 Å². The van der Waals surface area contributed by atoms with Crippen molar-refractivity contribution in [1.82, 2.24) is 0 Å². The average molecular weight is 313 g/mol. The molecule has 0 aromatic carbocycles. The topological polar surface area (TPSA) is 0 Å². The lowest BCUT2D eigenvalue weighted by atomic mass is 9.99. The molecule has 2 heteroatoms. The minimum absolute atomic E-state index is 0.998. The summed E-state index contributed by atoms with van der Waals surface area (Å²) in [4.78, 5) is 0. The highest BCUT2D eigenvalue weighted by Gasteiger charge is 2.42. The second-order valence-corrected chi connectivity index (χ2v) is 13.3. The third-order valence-corrected chi connectivity index (χ3v) is 14.1. The molecule has 0 nitrogen and oxygen atoms in total. The maximum atomic E-state index is 6.67. The lowest BCUT2D eigenvalue weighted by molar-refractivity contribution is 0.459. The first-order valence-corrected chi connectivity index (χ1v) is 12.4. The van der Waals surface area contributed by atoms with Crippen molar-refractivity contribution in [2.75, 3.05) is 0 Å². The molecule has 3 saturated carbocycles. The Labute approximate surface area is 131 Å². The van der Waals surface area contributed by atoms with Gasteiger partial charge in [-0.25, -0.2) is 0 Å². The van der Waals surface area contributed by atoms with Gasteiger partial charge in [0.25, 0.3) is 0 Å². The van der Waals surface area contributed by atoms with E-state index < -0.39 is 6.04 Å². The van der Waals surface area contributed by atoms with Gasteiger partial charge in [-0.3, -0.25) is 0 Å². The van der Waals surface area contributed by atoms with Crippen LogP contribution in [0.2, 0.25) is 0 Å². The van der Waals surface area contributed by atoms with Crippen molar-refractivity contribution in [3.05, 3.63) is 0 Å². The van der Waals surface area contributed by atoms with E-state index in [9.17, 15) is 0 Å². The Kier molecular flexibility index (Phi) is 5.65. The zero-order valence-corrected chi connectivity index (χ0v) is 14.9. The van der Waals surface area contributed by atoms with Gasteiger partial charge in [0.2, 0.25) is 0 Å². The van der Waals surface area contributed by atoms with E-state index in [1.807, 2.05) is 0 Å².